The maximum atomic E-state index is 12.6. The average Bonchev–Trinajstić information content (AvgIpc) is 3.22. The lowest BCUT2D eigenvalue weighted by atomic mass is 10.1. The average molecular weight is 395 g/mol. The second-order valence-electron chi connectivity index (χ2n) is 6.67. The number of rotatable bonds is 5. The molecule has 0 N–H and O–H groups in total. The molecular formula is C21H22N4O2S. The lowest BCUT2D eigenvalue weighted by molar-refractivity contribution is 0.0747. The van der Waals surface area contributed by atoms with Gasteiger partial charge >= 0.3 is 0 Å². The molecule has 0 bridgehead atoms. The van der Waals surface area contributed by atoms with Crippen LogP contribution in [0.4, 0.5) is 5.13 Å². The smallest absolute Gasteiger partial charge is 0.253 e. The Hall–Kier alpha value is -2.93. The van der Waals surface area contributed by atoms with Crippen LogP contribution in [0.2, 0.25) is 0 Å². The van der Waals surface area contributed by atoms with Gasteiger partial charge in [0.1, 0.15) is 11.6 Å². The van der Waals surface area contributed by atoms with Crippen molar-refractivity contribution < 1.29 is 9.53 Å². The molecule has 0 atom stereocenters. The molecule has 1 aliphatic heterocycles. The van der Waals surface area contributed by atoms with E-state index in [0.29, 0.717) is 19.5 Å². The minimum absolute atomic E-state index is 0.0937. The number of ether oxygens (including phenoxy) is 1. The number of anilines is 1. The Bertz CT molecular complexity index is 936. The number of amides is 1. The minimum atomic E-state index is 0.0937. The van der Waals surface area contributed by atoms with Crippen molar-refractivity contribution in [3.05, 3.63) is 71.5 Å². The molecule has 144 valence electrons. The van der Waals surface area contributed by atoms with Crippen molar-refractivity contribution in [1.29, 1.82) is 0 Å². The first-order chi connectivity index (χ1) is 13.7. The summed E-state index contributed by atoms with van der Waals surface area (Å²) in [5.41, 5.74) is 1.87. The fourth-order valence-electron chi connectivity index (χ4n) is 3.27. The number of benzene rings is 2. The summed E-state index contributed by atoms with van der Waals surface area (Å²) in [6.45, 7) is 2.93. The molecule has 1 amide bonds. The minimum Gasteiger partial charge on any atom is -0.497 e. The van der Waals surface area contributed by atoms with E-state index in [9.17, 15) is 4.79 Å². The summed E-state index contributed by atoms with van der Waals surface area (Å²) in [4.78, 5) is 21.4. The molecule has 1 aliphatic rings. The van der Waals surface area contributed by atoms with Crippen LogP contribution in [0, 0.1) is 0 Å². The van der Waals surface area contributed by atoms with Gasteiger partial charge in [0, 0.05) is 49.7 Å². The summed E-state index contributed by atoms with van der Waals surface area (Å²) >= 11 is 1.42. The predicted molar refractivity (Wildman–Crippen MR) is 110 cm³/mol. The van der Waals surface area contributed by atoms with Gasteiger partial charge in [0.05, 0.1) is 7.11 Å². The first-order valence-corrected chi connectivity index (χ1v) is 10.0. The Labute approximate surface area is 168 Å². The van der Waals surface area contributed by atoms with Crippen LogP contribution in [-0.4, -0.2) is 53.5 Å². The number of aromatic nitrogens is 2. The largest absolute Gasteiger partial charge is 0.497 e. The van der Waals surface area contributed by atoms with Gasteiger partial charge in [0.2, 0.25) is 5.13 Å². The van der Waals surface area contributed by atoms with Crippen LogP contribution < -0.4 is 9.64 Å². The molecule has 0 aliphatic carbocycles. The van der Waals surface area contributed by atoms with E-state index >= 15 is 0 Å². The second-order valence-corrected chi connectivity index (χ2v) is 7.40. The van der Waals surface area contributed by atoms with Crippen LogP contribution in [0.5, 0.6) is 5.75 Å². The highest BCUT2D eigenvalue weighted by molar-refractivity contribution is 7.09. The highest BCUT2D eigenvalue weighted by Gasteiger charge is 2.24. The topological polar surface area (TPSA) is 58.6 Å². The Balaban J connectivity index is 1.36. The summed E-state index contributed by atoms with van der Waals surface area (Å²) in [5, 5.41) is 0.921. The molecule has 6 nitrogen and oxygen atoms in total. The highest BCUT2D eigenvalue weighted by Crippen LogP contribution is 2.22. The zero-order valence-electron chi connectivity index (χ0n) is 15.7. The lowest BCUT2D eigenvalue weighted by Crippen LogP contribution is -2.48. The van der Waals surface area contributed by atoms with Crippen molar-refractivity contribution in [3.8, 4) is 5.75 Å². The van der Waals surface area contributed by atoms with E-state index in [1.165, 1.54) is 11.5 Å². The monoisotopic (exact) mass is 394 g/mol. The molecule has 0 unspecified atom stereocenters. The van der Waals surface area contributed by atoms with Crippen LogP contribution in [0.3, 0.4) is 0 Å². The van der Waals surface area contributed by atoms with Gasteiger partial charge in [-0.15, -0.1) is 0 Å². The van der Waals surface area contributed by atoms with Crippen molar-refractivity contribution in [1.82, 2.24) is 14.3 Å². The van der Waals surface area contributed by atoms with Crippen LogP contribution >= 0.6 is 11.5 Å². The number of hydrogen-bond donors (Lipinski definition) is 0. The van der Waals surface area contributed by atoms with Crippen molar-refractivity contribution in [2.45, 2.75) is 6.42 Å². The zero-order valence-corrected chi connectivity index (χ0v) is 16.6. The first kappa shape index (κ1) is 18.4. The molecule has 7 heteroatoms. The molecule has 1 aromatic heterocycles. The Morgan fingerprint density at radius 3 is 2.61 bits per heavy atom. The summed E-state index contributed by atoms with van der Waals surface area (Å²) < 4.78 is 9.79. The van der Waals surface area contributed by atoms with Crippen LogP contribution in [0.1, 0.15) is 21.7 Å². The van der Waals surface area contributed by atoms with Crippen molar-refractivity contribution >= 4 is 22.6 Å². The number of carbonyl (C=O) groups is 1. The Morgan fingerprint density at radius 1 is 1.07 bits per heavy atom. The maximum Gasteiger partial charge on any atom is 0.253 e. The van der Waals surface area contributed by atoms with Gasteiger partial charge in [0.15, 0.2) is 0 Å². The van der Waals surface area contributed by atoms with Crippen molar-refractivity contribution in [2.75, 3.05) is 38.2 Å². The third-order valence-corrected chi connectivity index (χ3v) is 5.63. The van der Waals surface area contributed by atoms with E-state index in [0.717, 1.165) is 40.9 Å². The van der Waals surface area contributed by atoms with E-state index in [1.54, 1.807) is 7.11 Å². The normalized spacial score (nSPS) is 14.2. The second kappa shape index (κ2) is 8.39. The lowest BCUT2D eigenvalue weighted by Gasteiger charge is -2.34. The zero-order chi connectivity index (χ0) is 19.3. The van der Waals surface area contributed by atoms with Gasteiger partial charge in [-0.1, -0.05) is 30.3 Å². The fourth-order valence-corrected chi connectivity index (χ4v) is 4.01. The molecule has 1 fully saturated rings. The molecule has 4 rings (SSSR count). The Morgan fingerprint density at radius 2 is 1.86 bits per heavy atom. The predicted octanol–water partition coefficient (Wildman–Crippen LogP) is 3.10. The van der Waals surface area contributed by atoms with E-state index in [1.807, 2.05) is 53.4 Å². The summed E-state index contributed by atoms with van der Waals surface area (Å²) in [6.07, 6.45) is 0.681. The summed E-state index contributed by atoms with van der Waals surface area (Å²) in [7, 11) is 1.67. The van der Waals surface area contributed by atoms with Crippen molar-refractivity contribution in [2.24, 2.45) is 0 Å². The van der Waals surface area contributed by atoms with Crippen molar-refractivity contribution in [3.63, 3.8) is 0 Å². The van der Waals surface area contributed by atoms with Gasteiger partial charge in [-0.05, 0) is 29.8 Å². The van der Waals surface area contributed by atoms with Crippen LogP contribution in [0.15, 0.2) is 54.6 Å². The summed E-state index contributed by atoms with van der Waals surface area (Å²) in [5.74, 6) is 1.75. The highest BCUT2D eigenvalue weighted by atomic mass is 32.1. The number of methoxy groups -OCH3 is 1. The van der Waals surface area contributed by atoms with Gasteiger partial charge < -0.3 is 14.5 Å². The standard InChI is InChI=1S/C21H22N4O2S/c1-27-18-9-5-6-16(14-18)15-19-22-21(28-23-19)25-12-10-24(11-13-25)20(26)17-7-3-2-4-8-17/h2-9,14H,10-13,15H2,1H3. The molecule has 0 radical (unpaired) electrons. The van der Waals surface area contributed by atoms with E-state index in [4.69, 9.17) is 9.72 Å². The maximum absolute atomic E-state index is 12.6. The number of carbonyl (C=O) groups excluding carboxylic acids is 1. The molecule has 0 spiro atoms. The number of hydrogen-bond acceptors (Lipinski definition) is 6. The van der Waals surface area contributed by atoms with Gasteiger partial charge in [-0.2, -0.15) is 4.37 Å². The van der Waals surface area contributed by atoms with Gasteiger partial charge in [-0.25, -0.2) is 4.98 Å². The van der Waals surface area contributed by atoms with E-state index in [2.05, 4.69) is 15.3 Å². The van der Waals surface area contributed by atoms with Gasteiger partial charge in [0.25, 0.3) is 5.91 Å². The fraction of sp³-hybridized carbons (Fsp3) is 0.286. The Kier molecular flexibility index (Phi) is 5.53. The molecule has 1 saturated heterocycles. The first-order valence-electron chi connectivity index (χ1n) is 9.28. The van der Waals surface area contributed by atoms with Crippen LogP contribution in [-0.2, 0) is 6.42 Å². The van der Waals surface area contributed by atoms with E-state index in [-0.39, 0.29) is 5.91 Å². The third-order valence-electron chi connectivity index (χ3n) is 4.81. The van der Waals surface area contributed by atoms with Gasteiger partial charge in [-0.3, -0.25) is 4.79 Å². The molecule has 28 heavy (non-hydrogen) atoms. The number of piperazine rings is 1. The summed E-state index contributed by atoms with van der Waals surface area (Å²) in [6, 6.07) is 17.4. The third kappa shape index (κ3) is 4.14. The molecule has 2 heterocycles. The quantitative estimate of drug-likeness (QED) is 0.666. The SMILES string of the molecule is COc1cccc(Cc2nsc(N3CCN(C(=O)c4ccccc4)CC3)n2)c1. The number of nitrogens with zero attached hydrogens (tertiary/aromatic N) is 4. The molecule has 3 aromatic rings. The van der Waals surface area contributed by atoms with E-state index < -0.39 is 0 Å². The molecule has 2 aromatic carbocycles. The molecule has 0 saturated carbocycles. The molecular weight excluding hydrogens is 372 g/mol. The van der Waals surface area contributed by atoms with Crippen LogP contribution in [0.25, 0.3) is 0 Å².